The van der Waals surface area contributed by atoms with E-state index in [1.165, 1.54) is 11.8 Å². The third-order valence-corrected chi connectivity index (χ3v) is 3.56. The molecule has 1 aromatic carbocycles. The molecule has 1 heterocycles. The van der Waals surface area contributed by atoms with Crippen LogP contribution in [-0.2, 0) is 4.79 Å². The van der Waals surface area contributed by atoms with E-state index in [-0.39, 0.29) is 5.91 Å². The van der Waals surface area contributed by atoms with E-state index in [1.807, 2.05) is 12.1 Å². The first-order chi connectivity index (χ1) is 9.74. The number of halogens is 1. The summed E-state index contributed by atoms with van der Waals surface area (Å²) in [5.74, 6) is 0.144. The van der Waals surface area contributed by atoms with E-state index in [0.29, 0.717) is 10.8 Å². The maximum Gasteiger partial charge on any atom is 0.250 e. The Labute approximate surface area is 126 Å². The number of hydrogen-bond donors (Lipinski definition) is 1. The van der Waals surface area contributed by atoms with Crippen molar-refractivity contribution in [3.63, 3.8) is 0 Å². The molecule has 0 saturated heterocycles. The van der Waals surface area contributed by atoms with Gasteiger partial charge in [0.15, 0.2) is 0 Å². The number of rotatable bonds is 5. The van der Waals surface area contributed by atoms with Gasteiger partial charge in [-0.15, -0.1) is 11.8 Å². The molecular formula is C14H12ClN3OS. The summed E-state index contributed by atoms with van der Waals surface area (Å²) in [6, 6.07) is 10.9. The number of nitrogens with zero attached hydrogens (tertiary/aromatic N) is 2. The monoisotopic (exact) mass is 305 g/mol. The minimum Gasteiger partial charge on any atom is -0.272 e. The number of aromatic nitrogens is 1. The van der Waals surface area contributed by atoms with Gasteiger partial charge in [-0.1, -0.05) is 11.6 Å². The number of hydrazone groups is 1. The molecule has 6 heteroatoms. The maximum atomic E-state index is 11.6. The lowest BCUT2D eigenvalue weighted by Crippen LogP contribution is -2.19. The van der Waals surface area contributed by atoms with Crippen LogP contribution in [0.15, 0.2) is 58.8 Å². The second-order valence-electron chi connectivity index (χ2n) is 3.82. The quantitative estimate of drug-likeness (QED) is 0.525. The smallest absolute Gasteiger partial charge is 0.250 e. The van der Waals surface area contributed by atoms with Crippen LogP contribution in [-0.4, -0.2) is 22.9 Å². The molecule has 0 aliphatic carbocycles. The Bertz CT molecular complexity index is 587. The van der Waals surface area contributed by atoms with Crippen molar-refractivity contribution >= 4 is 35.5 Å². The van der Waals surface area contributed by atoms with Gasteiger partial charge in [0.1, 0.15) is 0 Å². The molecule has 20 heavy (non-hydrogen) atoms. The third kappa shape index (κ3) is 5.03. The van der Waals surface area contributed by atoms with Crippen LogP contribution in [0.1, 0.15) is 5.56 Å². The Morgan fingerprint density at radius 3 is 2.65 bits per heavy atom. The first-order valence-electron chi connectivity index (χ1n) is 5.84. The van der Waals surface area contributed by atoms with Gasteiger partial charge in [0.05, 0.1) is 12.0 Å². The second-order valence-corrected chi connectivity index (χ2v) is 5.30. The van der Waals surface area contributed by atoms with E-state index in [2.05, 4.69) is 15.5 Å². The summed E-state index contributed by atoms with van der Waals surface area (Å²) in [7, 11) is 0. The Balaban J connectivity index is 1.76. The molecule has 1 amide bonds. The number of carbonyl (C=O) groups excluding carboxylic acids is 1. The van der Waals surface area contributed by atoms with Gasteiger partial charge >= 0.3 is 0 Å². The van der Waals surface area contributed by atoms with Crippen molar-refractivity contribution in [1.82, 2.24) is 10.4 Å². The molecule has 0 saturated carbocycles. The highest BCUT2D eigenvalue weighted by atomic mass is 35.5. The zero-order valence-corrected chi connectivity index (χ0v) is 12.1. The van der Waals surface area contributed by atoms with Crippen LogP contribution in [0.4, 0.5) is 0 Å². The summed E-state index contributed by atoms with van der Waals surface area (Å²) < 4.78 is 0. The summed E-state index contributed by atoms with van der Waals surface area (Å²) in [6.07, 6.45) is 4.91. The van der Waals surface area contributed by atoms with Gasteiger partial charge in [-0.05, 0) is 42.0 Å². The predicted octanol–water partition coefficient (Wildman–Crippen LogP) is 2.98. The molecule has 102 valence electrons. The number of carbonyl (C=O) groups is 1. The van der Waals surface area contributed by atoms with Gasteiger partial charge < -0.3 is 0 Å². The Morgan fingerprint density at radius 2 is 1.95 bits per heavy atom. The number of thioether (sulfide) groups is 1. The van der Waals surface area contributed by atoms with Crippen LogP contribution in [0, 0.1) is 0 Å². The summed E-state index contributed by atoms with van der Waals surface area (Å²) >= 11 is 7.22. The molecule has 1 aromatic heterocycles. The van der Waals surface area contributed by atoms with Crippen LogP contribution < -0.4 is 5.43 Å². The van der Waals surface area contributed by atoms with Gasteiger partial charge in [0.25, 0.3) is 0 Å². The predicted molar refractivity (Wildman–Crippen MR) is 82.1 cm³/mol. The molecule has 0 atom stereocenters. The highest BCUT2D eigenvalue weighted by molar-refractivity contribution is 8.00. The Hall–Kier alpha value is -1.85. The molecule has 0 bridgehead atoms. The number of hydrogen-bond acceptors (Lipinski definition) is 4. The number of pyridine rings is 1. The van der Waals surface area contributed by atoms with Gasteiger partial charge in [-0.3, -0.25) is 9.78 Å². The van der Waals surface area contributed by atoms with Crippen molar-refractivity contribution in [2.24, 2.45) is 5.10 Å². The van der Waals surface area contributed by atoms with Crippen LogP contribution in [0.2, 0.25) is 5.02 Å². The molecule has 4 nitrogen and oxygen atoms in total. The first-order valence-corrected chi connectivity index (χ1v) is 7.21. The van der Waals surface area contributed by atoms with E-state index in [9.17, 15) is 4.79 Å². The lowest BCUT2D eigenvalue weighted by atomic mass is 10.3. The van der Waals surface area contributed by atoms with Crippen molar-refractivity contribution in [1.29, 1.82) is 0 Å². The minimum absolute atomic E-state index is 0.157. The Kier molecular flexibility index (Phi) is 5.58. The average Bonchev–Trinajstić information content (AvgIpc) is 2.48. The van der Waals surface area contributed by atoms with Crippen LogP contribution in [0.5, 0.6) is 0 Å². The van der Waals surface area contributed by atoms with E-state index < -0.39 is 0 Å². The minimum atomic E-state index is -0.157. The van der Waals surface area contributed by atoms with Gasteiger partial charge in [-0.25, -0.2) is 5.43 Å². The zero-order chi connectivity index (χ0) is 14.2. The summed E-state index contributed by atoms with van der Waals surface area (Å²) in [4.78, 5) is 16.5. The molecule has 0 spiro atoms. The molecule has 0 radical (unpaired) electrons. The zero-order valence-electron chi connectivity index (χ0n) is 10.5. The fourth-order valence-electron chi connectivity index (χ4n) is 1.34. The largest absolute Gasteiger partial charge is 0.272 e. The molecule has 0 aliphatic rings. The average molecular weight is 306 g/mol. The van der Waals surface area contributed by atoms with Gasteiger partial charge in [-0.2, -0.15) is 5.10 Å². The number of nitrogens with one attached hydrogen (secondary N) is 1. The fraction of sp³-hybridized carbons (Fsp3) is 0.0714. The lowest BCUT2D eigenvalue weighted by molar-refractivity contribution is -0.118. The van der Waals surface area contributed by atoms with Crippen molar-refractivity contribution in [3.05, 3.63) is 59.4 Å². The third-order valence-electron chi connectivity index (χ3n) is 2.29. The molecule has 0 unspecified atom stereocenters. The maximum absolute atomic E-state index is 11.6. The molecule has 0 aliphatic heterocycles. The van der Waals surface area contributed by atoms with Gasteiger partial charge in [0, 0.05) is 22.3 Å². The van der Waals surface area contributed by atoms with E-state index in [4.69, 9.17) is 11.6 Å². The summed E-state index contributed by atoms with van der Waals surface area (Å²) in [5.41, 5.74) is 3.36. The van der Waals surface area contributed by atoms with Crippen molar-refractivity contribution in [2.75, 3.05) is 5.75 Å². The first kappa shape index (κ1) is 14.6. The van der Waals surface area contributed by atoms with Crippen LogP contribution >= 0.6 is 23.4 Å². The highest BCUT2D eigenvalue weighted by Gasteiger charge is 2.01. The molecule has 1 N–H and O–H groups in total. The highest BCUT2D eigenvalue weighted by Crippen LogP contribution is 2.19. The summed E-state index contributed by atoms with van der Waals surface area (Å²) in [6.45, 7) is 0. The van der Waals surface area contributed by atoms with Crippen LogP contribution in [0.3, 0.4) is 0 Å². The fourth-order valence-corrected chi connectivity index (χ4v) is 2.16. The van der Waals surface area contributed by atoms with E-state index in [0.717, 1.165) is 10.5 Å². The van der Waals surface area contributed by atoms with Gasteiger partial charge in [0.2, 0.25) is 5.91 Å². The molecular weight excluding hydrogens is 294 g/mol. The summed E-state index contributed by atoms with van der Waals surface area (Å²) in [5, 5.41) is 4.56. The number of amides is 1. The standard InChI is InChI=1S/C14H12ClN3OS/c15-12-1-3-13(4-2-12)20-10-14(19)18-17-9-11-5-7-16-8-6-11/h1-9H,10H2,(H,18,19)/b17-9-. The van der Waals surface area contributed by atoms with Crippen molar-refractivity contribution in [2.45, 2.75) is 4.90 Å². The van der Waals surface area contributed by atoms with E-state index in [1.54, 1.807) is 42.9 Å². The topological polar surface area (TPSA) is 54.4 Å². The Morgan fingerprint density at radius 1 is 1.25 bits per heavy atom. The molecule has 0 fully saturated rings. The number of benzene rings is 1. The van der Waals surface area contributed by atoms with Crippen molar-refractivity contribution in [3.8, 4) is 0 Å². The SMILES string of the molecule is O=C(CSc1ccc(Cl)cc1)N/N=C\c1ccncc1. The normalized spacial score (nSPS) is 10.7. The van der Waals surface area contributed by atoms with Crippen molar-refractivity contribution < 1.29 is 4.79 Å². The van der Waals surface area contributed by atoms with Crippen LogP contribution in [0.25, 0.3) is 0 Å². The second kappa shape index (κ2) is 7.67. The molecule has 2 rings (SSSR count). The van der Waals surface area contributed by atoms with E-state index >= 15 is 0 Å². The molecule has 2 aromatic rings. The lowest BCUT2D eigenvalue weighted by Gasteiger charge is -2.01.